The number of aliphatic hydroxyl groups is 1. The van der Waals surface area contributed by atoms with Crippen LogP contribution < -0.4 is 0 Å². The molecule has 0 unspecified atom stereocenters. The molecule has 1 N–H and O–H groups in total. The van der Waals surface area contributed by atoms with Gasteiger partial charge < -0.3 is 10.0 Å². The zero-order chi connectivity index (χ0) is 15.9. The van der Waals surface area contributed by atoms with Gasteiger partial charge in [0.25, 0.3) is 0 Å². The molecule has 1 aromatic carbocycles. The van der Waals surface area contributed by atoms with Gasteiger partial charge in [-0.05, 0) is 38.1 Å². The van der Waals surface area contributed by atoms with E-state index in [1.54, 1.807) is 21.7 Å². The van der Waals surface area contributed by atoms with Crippen LogP contribution in [0.2, 0.25) is 0 Å². The van der Waals surface area contributed by atoms with Crippen molar-refractivity contribution in [1.29, 1.82) is 0 Å². The Balaban J connectivity index is 1.84. The molecule has 116 valence electrons. The van der Waals surface area contributed by atoms with Crippen LogP contribution in [0.3, 0.4) is 0 Å². The lowest BCUT2D eigenvalue weighted by Gasteiger charge is -2.35. The zero-order valence-corrected chi connectivity index (χ0v) is 12.6. The topological polar surface area (TPSA) is 58.4 Å². The minimum atomic E-state index is -0.395. The van der Waals surface area contributed by atoms with Gasteiger partial charge in [-0.1, -0.05) is 0 Å². The molecule has 0 spiro atoms. The Hall–Kier alpha value is -2.21. The van der Waals surface area contributed by atoms with Crippen molar-refractivity contribution in [2.24, 2.45) is 0 Å². The van der Waals surface area contributed by atoms with Gasteiger partial charge in [-0.2, -0.15) is 5.10 Å². The number of halogens is 1. The van der Waals surface area contributed by atoms with Gasteiger partial charge >= 0.3 is 0 Å². The number of aryl methyl sites for hydroxylation is 1. The summed E-state index contributed by atoms with van der Waals surface area (Å²) < 4.78 is 14.7. The standard InChI is InChI=1S/C16H18FN3O2/c1-10-15(7-16(22)19-8-14(21)9-19)11(2)20(18-10)13-5-3-12(17)4-6-13/h3-6,14,21H,7-9H2,1-2H3. The van der Waals surface area contributed by atoms with Gasteiger partial charge in [0.2, 0.25) is 5.91 Å². The van der Waals surface area contributed by atoms with Crippen LogP contribution in [0.15, 0.2) is 24.3 Å². The molecule has 0 atom stereocenters. The first-order valence-electron chi connectivity index (χ1n) is 7.22. The van der Waals surface area contributed by atoms with Crippen LogP contribution in [0.4, 0.5) is 4.39 Å². The third-order valence-corrected chi connectivity index (χ3v) is 4.06. The lowest BCUT2D eigenvalue weighted by molar-refractivity contribution is -0.140. The molecular formula is C16H18FN3O2. The number of aromatic nitrogens is 2. The number of aliphatic hydroxyl groups excluding tert-OH is 1. The number of hydrogen-bond acceptors (Lipinski definition) is 3. The molecule has 22 heavy (non-hydrogen) atoms. The van der Waals surface area contributed by atoms with Crippen molar-refractivity contribution in [3.63, 3.8) is 0 Å². The average molecular weight is 303 g/mol. The third-order valence-electron chi connectivity index (χ3n) is 4.06. The van der Waals surface area contributed by atoms with Crippen LogP contribution in [-0.4, -0.2) is 44.9 Å². The monoisotopic (exact) mass is 303 g/mol. The van der Waals surface area contributed by atoms with E-state index in [4.69, 9.17) is 0 Å². The molecule has 6 heteroatoms. The SMILES string of the molecule is Cc1nn(-c2ccc(F)cc2)c(C)c1CC(=O)N1CC(O)C1. The Bertz CT molecular complexity index is 703. The number of carbonyl (C=O) groups is 1. The quantitative estimate of drug-likeness (QED) is 0.932. The van der Waals surface area contributed by atoms with Gasteiger partial charge in [-0.25, -0.2) is 9.07 Å². The summed E-state index contributed by atoms with van der Waals surface area (Å²) in [5.74, 6) is -0.299. The van der Waals surface area contributed by atoms with Gasteiger partial charge in [-0.15, -0.1) is 0 Å². The van der Waals surface area contributed by atoms with E-state index in [2.05, 4.69) is 5.10 Å². The first-order chi connectivity index (χ1) is 10.5. The summed E-state index contributed by atoms with van der Waals surface area (Å²) in [4.78, 5) is 13.8. The number of amides is 1. The highest BCUT2D eigenvalue weighted by Crippen LogP contribution is 2.20. The fourth-order valence-corrected chi connectivity index (χ4v) is 2.69. The summed E-state index contributed by atoms with van der Waals surface area (Å²) in [5, 5.41) is 13.7. The van der Waals surface area contributed by atoms with Gasteiger partial charge in [-0.3, -0.25) is 4.79 Å². The maximum atomic E-state index is 13.0. The number of carbonyl (C=O) groups excluding carboxylic acids is 1. The fourth-order valence-electron chi connectivity index (χ4n) is 2.69. The zero-order valence-electron chi connectivity index (χ0n) is 12.6. The minimum Gasteiger partial charge on any atom is -0.389 e. The van der Waals surface area contributed by atoms with Crippen molar-refractivity contribution in [2.45, 2.75) is 26.4 Å². The average Bonchev–Trinajstić information content (AvgIpc) is 2.73. The van der Waals surface area contributed by atoms with E-state index in [9.17, 15) is 14.3 Å². The number of nitrogens with zero attached hydrogens (tertiary/aromatic N) is 3. The molecule has 0 aliphatic carbocycles. The third kappa shape index (κ3) is 2.62. The Morgan fingerprint density at radius 3 is 2.55 bits per heavy atom. The van der Waals surface area contributed by atoms with E-state index in [0.29, 0.717) is 13.1 Å². The summed E-state index contributed by atoms with van der Waals surface area (Å²) in [6.07, 6.45) is -0.126. The van der Waals surface area contributed by atoms with Crippen LogP contribution in [0.25, 0.3) is 5.69 Å². The number of β-amino-alcohol motifs (C(OH)–C–C–N with tert-alkyl or cyclic N) is 1. The smallest absolute Gasteiger partial charge is 0.227 e. The summed E-state index contributed by atoms with van der Waals surface area (Å²) in [6, 6.07) is 6.09. The Kier molecular flexibility index (Phi) is 3.70. The predicted molar refractivity (Wildman–Crippen MR) is 79.3 cm³/mol. The van der Waals surface area contributed by atoms with Gasteiger partial charge in [0, 0.05) is 24.3 Å². The summed E-state index contributed by atoms with van der Waals surface area (Å²) >= 11 is 0. The van der Waals surface area contributed by atoms with Gasteiger partial charge in [0.05, 0.1) is 23.9 Å². The lowest BCUT2D eigenvalue weighted by Crippen LogP contribution is -2.54. The molecule has 1 fully saturated rings. The maximum absolute atomic E-state index is 13.0. The van der Waals surface area contributed by atoms with E-state index in [-0.39, 0.29) is 18.1 Å². The molecule has 1 aliphatic rings. The van der Waals surface area contributed by atoms with E-state index in [0.717, 1.165) is 22.6 Å². The highest BCUT2D eigenvalue weighted by atomic mass is 19.1. The van der Waals surface area contributed by atoms with Crippen molar-refractivity contribution >= 4 is 5.91 Å². The Morgan fingerprint density at radius 1 is 1.32 bits per heavy atom. The van der Waals surface area contributed by atoms with Crippen LogP contribution >= 0.6 is 0 Å². The number of benzene rings is 1. The number of rotatable bonds is 3. The molecule has 1 saturated heterocycles. The second-order valence-corrected chi connectivity index (χ2v) is 5.67. The summed E-state index contributed by atoms with van der Waals surface area (Å²) in [5.41, 5.74) is 3.31. The summed E-state index contributed by atoms with van der Waals surface area (Å²) in [7, 11) is 0. The molecule has 5 nitrogen and oxygen atoms in total. The molecule has 2 aromatic rings. The Labute approximate surface area is 128 Å². The molecule has 0 saturated carbocycles. The molecule has 1 aromatic heterocycles. The normalized spacial score (nSPS) is 15.0. The fraction of sp³-hybridized carbons (Fsp3) is 0.375. The van der Waals surface area contributed by atoms with Crippen molar-refractivity contribution in [3.05, 3.63) is 47.0 Å². The molecular weight excluding hydrogens is 285 g/mol. The van der Waals surface area contributed by atoms with Crippen molar-refractivity contribution < 1.29 is 14.3 Å². The highest BCUT2D eigenvalue weighted by molar-refractivity contribution is 5.80. The molecule has 0 bridgehead atoms. The lowest BCUT2D eigenvalue weighted by atomic mass is 10.1. The molecule has 3 rings (SSSR count). The van der Waals surface area contributed by atoms with E-state index in [1.165, 1.54) is 12.1 Å². The van der Waals surface area contributed by atoms with Gasteiger partial charge in [0.1, 0.15) is 5.82 Å². The van der Waals surface area contributed by atoms with Crippen molar-refractivity contribution in [2.75, 3.05) is 13.1 Å². The minimum absolute atomic E-state index is 0.00449. The van der Waals surface area contributed by atoms with Crippen molar-refractivity contribution in [3.8, 4) is 5.69 Å². The molecule has 1 amide bonds. The molecule has 0 radical (unpaired) electrons. The van der Waals surface area contributed by atoms with Crippen LogP contribution in [0, 0.1) is 19.7 Å². The maximum Gasteiger partial charge on any atom is 0.227 e. The molecule has 2 heterocycles. The van der Waals surface area contributed by atoms with E-state index < -0.39 is 6.10 Å². The predicted octanol–water partition coefficient (Wildman–Crippen LogP) is 1.37. The Morgan fingerprint density at radius 2 is 1.95 bits per heavy atom. The number of likely N-dealkylation sites (tertiary alicyclic amines) is 1. The highest BCUT2D eigenvalue weighted by Gasteiger charge is 2.29. The molecule has 1 aliphatic heterocycles. The van der Waals surface area contributed by atoms with E-state index >= 15 is 0 Å². The van der Waals surface area contributed by atoms with Crippen LogP contribution in [-0.2, 0) is 11.2 Å². The summed E-state index contributed by atoms with van der Waals surface area (Å²) in [6.45, 7) is 4.57. The van der Waals surface area contributed by atoms with Crippen LogP contribution in [0.1, 0.15) is 17.0 Å². The first-order valence-corrected chi connectivity index (χ1v) is 7.22. The van der Waals surface area contributed by atoms with Gasteiger partial charge in [0.15, 0.2) is 0 Å². The number of hydrogen-bond donors (Lipinski definition) is 1. The largest absolute Gasteiger partial charge is 0.389 e. The second-order valence-electron chi connectivity index (χ2n) is 5.67. The van der Waals surface area contributed by atoms with Crippen molar-refractivity contribution in [1.82, 2.24) is 14.7 Å². The second kappa shape index (κ2) is 5.53. The first kappa shape index (κ1) is 14.7. The van der Waals surface area contributed by atoms with Crippen LogP contribution in [0.5, 0.6) is 0 Å². The van der Waals surface area contributed by atoms with E-state index in [1.807, 2.05) is 13.8 Å².